The Bertz CT molecular complexity index is 4710. The maximum atomic E-state index is 4.42. The van der Waals surface area contributed by atoms with E-state index in [-0.39, 0.29) is 0 Å². The molecule has 0 aliphatic heterocycles. The zero-order valence-corrected chi connectivity index (χ0v) is 67.2. The van der Waals surface area contributed by atoms with Gasteiger partial charge in [0.15, 0.2) is 0 Å². The third-order valence-corrected chi connectivity index (χ3v) is 17.0. The normalized spacial score (nSPS) is 9.92. The van der Waals surface area contributed by atoms with Crippen LogP contribution in [0, 0.1) is 62.3 Å². The van der Waals surface area contributed by atoms with Gasteiger partial charge in [0.1, 0.15) is 0 Å². The van der Waals surface area contributed by atoms with E-state index >= 15 is 0 Å². The Morgan fingerprint density at radius 1 is 0.145 bits per heavy atom. The molecule has 0 spiro atoms. The van der Waals surface area contributed by atoms with Gasteiger partial charge < -0.3 is 0 Å². The number of rotatable bonds is 9. The van der Waals surface area contributed by atoms with Gasteiger partial charge in [-0.25, -0.2) is 0 Å². The van der Waals surface area contributed by atoms with Crippen LogP contribution in [0.15, 0.2) is 397 Å². The van der Waals surface area contributed by atoms with Crippen molar-refractivity contribution in [1.82, 2.24) is 79.7 Å². The van der Waals surface area contributed by atoms with E-state index < -0.39 is 0 Å². The summed E-state index contributed by atoms with van der Waals surface area (Å²) in [6.07, 6.45) is 39.9. The molecule has 18 rings (SSSR count). The molecule has 0 bridgehead atoms. The molecule has 0 fully saturated rings. The van der Waals surface area contributed by atoms with E-state index in [0.717, 1.165) is 101 Å². The Labute approximate surface area is 686 Å². The molecule has 0 radical (unpaired) electrons. The predicted molar refractivity (Wildman–Crippen MR) is 474 cm³/mol. The third-order valence-electron chi connectivity index (χ3n) is 17.0. The van der Waals surface area contributed by atoms with Gasteiger partial charge in [0, 0.05) is 198 Å². The van der Waals surface area contributed by atoms with Gasteiger partial charge in [-0.1, -0.05) is 91.0 Å². The summed E-state index contributed by atoms with van der Waals surface area (Å²) in [5.41, 5.74) is 29.5. The Morgan fingerprint density at radius 3 is 0.872 bits per heavy atom. The van der Waals surface area contributed by atoms with Crippen molar-refractivity contribution in [1.29, 1.82) is 0 Å². The molecule has 0 amide bonds. The fourth-order valence-corrected chi connectivity index (χ4v) is 11.2. The van der Waals surface area contributed by atoms with Crippen LogP contribution >= 0.6 is 0 Å². The number of hydrogen-bond donors (Lipinski definition) is 0. The molecule has 0 aliphatic rings. The fourth-order valence-electron chi connectivity index (χ4n) is 11.2. The fraction of sp³-hybridized carbons (Fsp3) is 0.0891. The molecule has 2 aromatic carbocycles. The zero-order valence-electron chi connectivity index (χ0n) is 67.2. The minimum absolute atomic E-state index is 0.922. The minimum atomic E-state index is 0.922. The second kappa shape index (κ2) is 46.6. The predicted octanol–water partition coefficient (Wildman–Crippen LogP) is 23.3. The zero-order chi connectivity index (χ0) is 81.9. The first-order chi connectivity index (χ1) is 57.2. The van der Waals surface area contributed by atoms with Crippen molar-refractivity contribution in [3.8, 4) is 101 Å². The van der Waals surface area contributed by atoms with Crippen LogP contribution in [-0.2, 0) is 0 Å². The minimum Gasteiger partial charge on any atom is -0.265 e. The number of pyridine rings is 16. The molecule has 0 aliphatic carbocycles. The first kappa shape index (κ1) is 84.3. The first-order valence-electron chi connectivity index (χ1n) is 38.0. The topological polar surface area (TPSA) is 206 Å². The van der Waals surface area contributed by atoms with Crippen LogP contribution in [0.5, 0.6) is 0 Å². The number of nitrogens with zero attached hydrogens (tertiary/aromatic N) is 16. The molecule has 0 N–H and O–H groups in total. The molecule has 0 saturated heterocycles. The molecule has 0 unspecified atom stereocenters. The molecule has 117 heavy (non-hydrogen) atoms. The SMILES string of the molecule is Cc1cccc(-c2cccnc2)n1.Cc1cccc(-c2ccncc2)n1.Cc1ccnc(-c2ccccc2)c1.Cc1ccnc(-c2ccccn2)c1.Cc1ccnc(-c2cccnc2)c1.Cc1ccnc(-c2ccncc2)c1.Cc1cncc(-c2ccccc2)c1.Cc1cncc(-c2ccccn2)c1.Cc1cncc(-c2cccnc2)c1. The van der Waals surface area contributed by atoms with Gasteiger partial charge in [-0.2, -0.15) is 0 Å². The van der Waals surface area contributed by atoms with E-state index in [4.69, 9.17) is 0 Å². The maximum Gasteiger partial charge on any atom is 0.0888 e. The van der Waals surface area contributed by atoms with E-state index in [9.17, 15) is 0 Å². The van der Waals surface area contributed by atoms with Gasteiger partial charge in [-0.15, -0.1) is 0 Å². The van der Waals surface area contributed by atoms with E-state index in [1.54, 1.807) is 62.0 Å². The lowest BCUT2D eigenvalue weighted by atomic mass is 10.1. The van der Waals surface area contributed by atoms with Gasteiger partial charge in [0.05, 0.1) is 45.6 Å². The van der Waals surface area contributed by atoms with Gasteiger partial charge >= 0.3 is 0 Å². The highest BCUT2D eigenvalue weighted by Crippen LogP contribution is 2.24. The van der Waals surface area contributed by atoms with Crippen molar-refractivity contribution in [2.45, 2.75) is 62.3 Å². The standard InChI is InChI=1S/2C12H11N.7C11H10N2/c1-10-7-12(9-13-8-10)11-5-3-2-4-6-11;1-10-7-8-13-12(9-10)11-5-3-2-4-6-11;1-9-2-7-13-11(8-9)10-3-5-12-6-4-10;1-9-4-2-6-11(13-9)10-5-3-7-12-8-10;1-9-4-6-13-11(7-9)10-3-2-5-12-8-10;1-9-5-11(8-13-6-9)10-3-2-4-12-7-10;1-9-3-2-4-11(13-9)10-5-7-12-8-6-10;1-9-5-7-13-11(8-9)10-4-2-3-6-12-10;1-9-6-10(8-12-7-9)11-4-2-3-5-13-11/h2*2-9H,1H3;7*2-8H,1H3. The highest BCUT2D eigenvalue weighted by Gasteiger charge is 2.05. The number of aromatic nitrogens is 16. The lowest BCUT2D eigenvalue weighted by Gasteiger charge is -2.00. The summed E-state index contributed by atoms with van der Waals surface area (Å²) in [4.78, 5) is 66.9. The van der Waals surface area contributed by atoms with Crippen molar-refractivity contribution in [2.24, 2.45) is 0 Å². The molecule has 16 nitrogen and oxygen atoms in total. The van der Waals surface area contributed by atoms with Crippen LogP contribution in [0.1, 0.15) is 50.3 Å². The summed E-state index contributed by atoms with van der Waals surface area (Å²) in [6, 6.07) is 86.4. The van der Waals surface area contributed by atoms with Gasteiger partial charge in [0.2, 0.25) is 0 Å². The van der Waals surface area contributed by atoms with E-state index in [1.807, 2.05) is 309 Å². The maximum absolute atomic E-state index is 4.42. The van der Waals surface area contributed by atoms with Crippen molar-refractivity contribution >= 4 is 0 Å². The molecule has 16 aromatic heterocycles. The molecular weight excluding hydrogens is 1440 g/mol. The Hall–Kier alpha value is -15.2. The van der Waals surface area contributed by atoms with Crippen molar-refractivity contribution in [2.75, 3.05) is 0 Å². The Morgan fingerprint density at radius 2 is 0.462 bits per heavy atom. The Balaban J connectivity index is 0.000000139. The smallest absolute Gasteiger partial charge is 0.0888 e. The average Bonchev–Trinajstić information content (AvgIpc) is 0.929. The van der Waals surface area contributed by atoms with Crippen molar-refractivity contribution in [3.05, 3.63) is 448 Å². The van der Waals surface area contributed by atoms with E-state index in [2.05, 4.69) is 168 Å². The quantitative estimate of drug-likeness (QED) is 0.132. The van der Waals surface area contributed by atoms with Crippen LogP contribution in [-0.4, -0.2) is 79.7 Å². The Kier molecular flexibility index (Phi) is 33.6. The molecular formula is C101H92N16. The van der Waals surface area contributed by atoms with Crippen LogP contribution in [0.4, 0.5) is 0 Å². The van der Waals surface area contributed by atoms with E-state index in [0.29, 0.717) is 0 Å². The van der Waals surface area contributed by atoms with Crippen LogP contribution in [0.3, 0.4) is 0 Å². The van der Waals surface area contributed by atoms with Crippen molar-refractivity contribution in [3.63, 3.8) is 0 Å². The number of aryl methyl sites for hydroxylation is 9. The summed E-state index contributed by atoms with van der Waals surface area (Å²) in [5.74, 6) is 0. The third kappa shape index (κ3) is 29.5. The summed E-state index contributed by atoms with van der Waals surface area (Å²) in [7, 11) is 0. The summed E-state index contributed by atoms with van der Waals surface area (Å²) >= 11 is 0. The largest absolute Gasteiger partial charge is 0.265 e. The summed E-state index contributed by atoms with van der Waals surface area (Å²) in [5, 5.41) is 0. The highest BCUT2D eigenvalue weighted by molar-refractivity contribution is 5.66. The summed E-state index contributed by atoms with van der Waals surface area (Å²) in [6.45, 7) is 18.3. The van der Waals surface area contributed by atoms with Gasteiger partial charge in [-0.05, 0) is 277 Å². The molecule has 576 valence electrons. The average molecular weight is 1530 g/mol. The number of benzene rings is 2. The molecule has 0 saturated carbocycles. The molecule has 16 heteroatoms. The van der Waals surface area contributed by atoms with Gasteiger partial charge in [0.25, 0.3) is 0 Å². The number of hydrogen-bond acceptors (Lipinski definition) is 16. The first-order valence-corrected chi connectivity index (χ1v) is 38.0. The van der Waals surface area contributed by atoms with Gasteiger partial charge in [-0.3, -0.25) is 79.7 Å². The summed E-state index contributed by atoms with van der Waals surface area (Å²) < 4.78 is 0. The molecule has 18 aromatic rings. The van der Waals surface area contributed by atoms with Crippen molar-refractivity contribution < 1.29 is 0 Å². The highest BCUT2D eigenvalue weighted by atomic mass is 14.8. The molecule has 16 heterocycles. The van der Waals surface area contributed by atoms with Crippen LogP contribution < -0.4 is 0 Å². The second-order valence-corrected chi connectivity index (χ2v) is 26.8. The van der Waals surface area contributed by atoms with E-state index in [1.165, 1.54) is 50.1 Å². The lowest BCUT2D eigenvalue weighted by Crippen LogP contribution is -1.86. The van der Waals surface area contributed by atoms with Crippen LogP contribution in [0.2, 0.25) is 0 Å². The monoisotopic (exact) mass is 1530 g/mol. The van der Waals surface area contributed by atoms with Crippen LogP contribution in [0.25, 0.3) is 101 Å². The second-order valence-electron chi connectivity index (χ2n) is 26.8. The lowest BCUT2D eigenvalue weighted by molar-refractivity contribution is 1.20. The molecule has 0 atom stereocenters.